The van der Waals surface area contributed by atoms with Crippen molar-refractivity contribution < 1.29 is 14.4 Å². The first-order valence-electron chi connectivity index (χ1n) is 8.87. The zero-order valence-corrected chi connectivity index (χ0v) is 16.9. The Bertz CT molecular complexity index is 1020. The number of rotatable bonds is 8. The van der Waals surface area contributed by atoms with Crippen LogP contribution in [0.2, 0.25) is 5.02 Å². The number of carbonyl (C=O) groups excluding carboxylic acids is 3. The molecule has 1 heterocycles. The van der Waals surface area contributed by atoms with Crippen LogP contribution in [0.5, 0.6) is 0 Å². The number of ketones is 1. The summed E-state index contributed by atoms with van der Waals surface area (Å²) in [5, 5.41) is 8.16. The van der Waals surface area contributed by atoms with Crippen molar-refractivity contribution in [2.75, 3.05) is 6.54 Å². The molecule has 0 atom stereocenters. The van der Waals surface area contributed by atoms with E-state index in [2.05, 4.69) is 15.6 Å². The lowest BCUT2D eigenvalue weighted by atomic mass is 10.1. The third kappa shape index (κ3) is 5.97. The number of carbonyl (C=O) groups is 3. The highest BCUT2D eigenvalue weighted by atomic mass is 35.5. The average molecular weight is 428 g/mol. The van der Waals surface area contributed by atoms with E-state index in [0.29, 0.717) is 28.6 Å². The van der Waals surface area contributed by atoms with E-state index in [9.17, 15) is 14.4 Å². The lowest BCUT2D eigenvalue weighted by Gasteiger charge is -2.04. The van der Waals surface area contributed by atoms with E-state index < -0.39 is 11.7 Å². The smallest absolute Gasteiger partial charge is 0.292 e. The third-order valence-corrected chi connectivity index (χ3v) is 5.10. The van der Waals surface area contributed by atoms with Crippen LogP contribution in [0, 0.1) is 0 Å². The summed E-state index contributed by atoms with van der Waals surface area (Å²) in [5.74, 6) is -1.61. The van der Waals surface area contributed by atoms with Gasteiger partial charge in [0.2, 0.25) is 5.78 Å². The minimum atomic E-state index is -0.709. The molecule has 6 nitrogen and oxygen atoms in total. The van der Waals surface area contributed by atoms with Crippen molar-refractivity contribution in [1.82, 2.24) is 15.6 Å². The van der Waals surface area contributed by atoms with Gasteiger partial charge in [-0.15, -0.1) is 11.3 Å². The van der Waals surface area contributed by atoms with Crippen LogP contribution in [0.3, 0.4) is 0 Å². The molecular formula is C21H18ClN3O3S. The van der Waals surface area contributed by atoms with Gasteiger partial charge in [0.1, 0.15) is 10.7 Å². The van der Waals surface area contributed by atoms with E-state index in [-0.39, 0.29) is 18.1 Å². The van der Waals surface area contributed by atoms with E-state index in [0.717, 1.165) is 5.56 Å². The fraction of sp³-hybridized carbons (Fsp3) is 0.143. The highest BCUT2D eigenvalue weighted by Gasteiger charge is 2.16. The molecule has 0 radical (unpaired) electrons. The van der Waals surface area contributed by atoms with E-state index in [4.69, 9.17) is 11.6 Å². The zero-order valence-electron chi connectivity index (χ0n) is 15.4. The molecule has 0 aliphatic rings. The molecule has 0 unspecified atom stereocenters. The Morgan fingerprint density at radius 3 is 2.55 bits per heavy atom. The number of hydrogen-bond donors (Lipinski definition) is 2. The molecule has 0 saturated carbocycles. The topological polar surface area (TPSA) is 88.2 Å². The first-order valence-corrected chi connectivity index (χ1v) is 10.1. The zero-order chi connectivity index (χ0) is 20.6. The summed E-state index contributed by atoms with van der Waals surface area (Å²) >= 11 is 7.19. The molecule has 0 saturated heterocycles. The minimum absolute atomic E-state index is 0.0812. The number of halogens is 1. The normalized spacial score (nSPS) is 10.4. The third-order valence-electron chi connectivity index (χ3n) is 4.02. The Morgan fingerprint density at radius 2 is 1.79 bits per heavy atom. The summed E-state index contributed by atoms with van der Waals surface area (Å²) < 4.78 is 0. The van der Waals surface area contributed by atoms with Gasteiger partial charge in [-0.3, -0.25) is 14.4 Å². The highest BCUT2D eigenvalue weighted by Crippen LogP contribution is 2.12. The number of Topliss-reactive ketones (excluding diaryl/α,β-unsaturated/α-hetero) is 1. The van der Waals surface area contributed by atoms with Crippen molar-refractivity contribution in [3.8, 4) is 0 Å². The van der Waals surface area contributed by atoms with Crippen molar-refractivity contribution >= 4 is 40.5 Å². The van der Waals surface area contributed by atoms with E-state index in [1.54, 1.807) is 41.8 Å². The second-order valence-corrected chi connectivity index (χ2v) is 7.52. The molecule has 2 aromatic carbocycles. The Labute approximate surface area is 176 Å². The first kappa shape index (κ1) is 20.7. The van der Waals surface area contributed by atoms with Crippen molar-refractivity contribution in [1.29, 1.82) is 0 Å². The fourth-order valence-electron chi connectivity index (χ4n) is 2.56. The number of nitrogens with zero attached hydrogens (tertiary/aromatic N) is 1. The predicted molar refractivity (Wildman–Crippen MR) is 112 cm³/mol. The second kappa shape index (κ2) is 9.95. The van der Waals surface area contributed by atoms with E-state index >= 15 is 0 Å². The Hall–Kier alpha value is -3.03. The van der Waals surface area contributed by atoms with Gasteiger partial charge in [-0.2, -0.15) is 0 Å². The van der Waals surface area contributed by atoms with Crippen molar-refractivity contribution in [2.45, 2.75) is 13.0 Å². The molecule has 148 valence electrons. The van der Waals surface area contributed by atoms with Gasteiger partial charge in [0, 0.05) is 22.5 Å². The van der Waals surface area contributed by atoms with Crippen molar-refractivity contribution in [3.05, 3.63) is 86.8 Å². The standard InChI is InChI=1S/C21H18ClN3O3S/c22-16-8-4-5-14(11-16)9-10-23-20(27)17-13-29-18(25-17)12-24-21(28)19(26)15-6-2-1-3-7-15/h1-8,11,13H,9-10,12H2,(H,23,27)(H,24,28). The second-order valence-electron chi connectivity index (χ2n) is 6.14. The van der Waals surface area contributed by atoms with Gasteiger partial charge in [-0.05, 0) is 24.1 Å². The monoisotopic (exact) mass is 427 g/mol. The maximum absolute atomic E-state index is 12.2. The van der Waals surface area contributed by atoms with Gasteiger partial charge in [0.15, 0.2) is 0 Å². The molecule has 2 amide bonds. The summed E-state index contributed by atoms with van der Waals surface area (Å²) in [6.45, 7) is 0.534. The molecule has 0 spiro atoms. The molecule has 1 aromatic heterocycles. The van der Waals surface area contributed by atoms with Crippen molar-refractivity contribution in [3.63, 3.8) is 0 Å². The molecule has 8 heteroatoms. The summed E-state index contributed by atoms with van der Waals surface area (Å²) in [4.78, 5) is 40.4. The number of hydrogen-bond acceptors (Lipinski definition) is 5. The molecule has 0 aliphatic heterocycles. The molecule has 29 heavy (non-hydrogen) atoms. The Morgan fingerprint density at radius 1 is 1.00 bits per heavy atom. The van der Waals surface area contributed by atoms with Gasteiger partial charge < -0.3 is 10.6 Å². The minimum Gasteiger partial charge on any atom is -0.350 e. The van der Waals surface area contributed by atoms with Crippen LogP contribution >= 0.6 is 22.9 Å². The number of amides is 2. The van der Waals surface area contributed by atoms with Crippen LogP contribution in [0.1, 0.15) is 31.4 Å². The molecular weight excluding hydrogens is 410 g/mol. The number of benzene rings is 2. The Balaban J connectivity index is 1.46. The molecule has 0 bridgehead atoms. The Kier molecular flexibility index (Phi) is 7.10. The first-order chi connectivity index (χ1) is 14.0. The molecule has 3 rings (SSSR count). The largest absolute Gasteiger partial charge is 0.350 e. The molecule has 3 aromatic rings. The van der Waals surface area contributed by atoms with E-state index in [1.165, 1.54) is 11.3 Å². The SMILES string of the molecule is O=C(NCc1nc(C(=O)NCCc2cccc(Cl)c2)cs1)C(=O)c1ccccc1. The summed E-state index contributed by atoms with van der Waals surface area (Å²) in [6, 6.07) is 15.8. The van der Waals surface area contributed by atoms with Crippen molar-refractivity contribution in [2.24, 2.45) is 0 Å². The highest BCUT2D eigenvalue weighted by molar-refractivity contribution is 7.09. The maximum Gasteiger partial charge on any atom is 0.292 e. The predicted octanol–water partition coefficient (Wildman–Crippen LogP) is 3.27. The van der Waals surface area contributed by atoms with Gasteiger partial charge in [0.05, 0.1) is 6.54 Å². The van der Waals surface area contributed by atoms with Gasteiger partial charge in [0.25, 0.3) is 11.8 Å². The van der Waals surface area contributed by atoms with Crippen LogP contribution in [0.4, 0.5) is 0 Å². The number of aromatic nitrogens is 1. The molecule has 0 fully saturated rings. The van der Waals surface area contributed by atoms with Crippen LogP contribution in [-0.2, 0) is 17.8 Å². The van der Waals surface area contributed by atoms with E-state index in [1.807, 2.05) is 18.2 Å². The lowest BCUT2D eigenvalue weighted by Crippen LogP contribution is -2.30. The van der Waals surface area contributed by atoms with Crippen LogP contribution < -0.4 is 10.6 Å². The van der Waals surface area contributed by atoms with Crippen LogP contribution in [0.25, 0.3) is 0 Å². The van der Waals surface area contributed by atoms with Crippen LogP contribution in [-0.4, -0.2) is 29.1 Å². The molecule has 0 aliphatic carbocycles. The van der Waals surface area contributed by atoms with Gasteiger partial charge in [-0.1, -0.05) is 54.1 Å². The number of thiazole rings is 1. The van der Waals surface area contributed by atoms with Crippen LogP contribution in [0.15, 0.2) is 60.0 Å². The quantitative estimate of drug-likeness (QED) is 0.426. The summed E-state index contributed by atoms with van der Waals surface area (Å²) in [6.07, 6.45) is 0.654. The maximum atomic E-state index is 12.2. The summed E-state index contributed by atoms with van der Waals surface area (Å²) in [5.41, 5.74) is 1.63. The number of nitrogens with one attached hydrogen (secondary N) is 2. The summed E-state index contributed by atoms with van der Waals surface area (Å²) in [7, 11) is 0. The average Bonchev–Trinajstić information content (AvgIpc) is 3.21. The molecule has 2 N–H and O–H groups in total. The van der Waals surface area contributed by atoms with Gasteiger partial charge >= 0.3 is 0 Å². The lowest BCUT2D eigenvalue weighted by molar-refractivity contribution is -0.117. The fourth-order valence-corrected chi connectivity index (χ4v) is 3.48. The van der Waals surface area contributed by atoms with Gasteiger partial charge in [-0.25, -0.2) is 4.98 Å².